The molecule has 0 aromatic carbocycles. The minimum Gasteiger partial charge on any atom is -1.00 e. The number of aliphatic hydroxyl groups is 1. The van der Waals surface area contributed by atoms with E-state index in [0.29, 0.717) is 10.8 Å². The fourth-order valence-electron chi connectivity index (χ4n) is 8.67. The first-order valence-corrected chi connectivity index (χ1v) is 12.6. The average molecular weight is 411 g/mol. The maximum absolute atomic E-state index is 10.2. The summed E-state index contributed by atoms with van der Waals surface area (Å²) in [6, 6.07) is 0. The summed E-state index contributed by atoms with van der Waals surface area (Å²) in [4.78, 5) is 0. The number of hydrogen-bond donors (Lipinski definition) is 1. The van der Waals surface area contributed by atoms with E-state index in [1.54, 1.807) is 5.57 Å². The van der Waals surface area contributed by atoms with E-state index in [-0.39, 0.29) is 37.1 Å². The topological polar surface area (TPSA) is 20.2 Å². The third kappa shape index (κ3) is 4.34. The van der Waals surface area contributed by atoms with Crippen molar-refractivity contribution < 1.29 is 36.1 Å². The van der Waals surface area contributed by atoms with E-state index in [0.717, 1.165) is 48.3 Å². The van der Waals surface area contributed by atoms with Gasteiger partial charge in [-0.2, -0.15) is 0 Å². The number of rotatable bonds is 5. The van der Waals surface area contributed by atoms with E-state index in [1.165, 1.54) is 57.8 Å². The molecule has 0 heterocycles. The van der Waals surface area contributed by atoms with Crippen LogP contribution in [0, 0.1) is 46.3 Å². The molecule has 2 unspecified atom stereocenters. The van der Waals surface area contributed by atoms with Gasteiger partial charge in [0.1, 0.15) is 0 Å². The molecule has 0 bridgehead atoms. The van der Waals surface area contributed by atoms with Crippen LogP contribution in [0.5, 0.6) is 0 Å². The van der Waals surface area contributed by atoms with Crippen molar-refractivity contribution in [1.82, 2.24) is 0 Å². The molecule has 29 heavy (non-hydrogen) atoms. The van der Waals surface area contributed by atoms with Crippen LogP contribution in [0.4, 0.5) is 0 Å². The van der Waals surface area contributed by atoms with Crippen molar-refractivity contribution in [3.63, 3.8) is 0 Å². The molecule has 3 saturated carbocycles. The number of hydrogen-bond acceptors (Lipinski definition) is 1. The molecule has 0 aromatic rings. The number of fused-ring (bicyclic) bond motifs is 5. The Labute approximate surface area is 204 Å². The Morgan fingerprint density at radius 3 is 2.52 bits per heavy atom. The van der Waals surface area contributed by atoms with Crippen LogP contribution in [0.2, 0.25) is 0 Å². The Morgan fingerprint density at radius 1 is 1.03 bits per heavy atom. The van der Waals surface area contributed by atoms with Gasteiger partial charge in [-0.25, -0.2) is 0 Å². The molecule has 4 aliphatic carbocycles. The molecule has 3 fully saturated rings. The van der Waals surface area contributed by atoms with E-state index in [4.69, 9.17) is 0 Å². The van der Waals surface area contributed by atoms with Crippen molar-refractivity contribution >= 4 is 0 Å². The molecule has 0 amide bonds. The molecule has 2 heteroatoms. The van der Waals surface area contributed by atoms with Crippen LogP contribution < -0.4 is 29.6 Å². The van der Waals surface area contributed by atoms with Gasteiger partial charge in [0.05, 0.1) is 6.10 Å². The Hall–Kier alpha value is 0.700. The van der Waals surface area contributed by atoms with Gasteiger partial charge in [-0.05, 0) is 97.7 Å². The van der Waals surface area contributed by atoms with Crippen molar-refractivity contribution in [1.29, 1.82) is 0 Å². The predicted molar refractivity (Wildman–Crippen MR) is 120 cm³/mol. The van der Waals surface area contributed by atoms with Gasteiger partial charge in [-0.15, -0.1) is 0 Å². The van der Waals surface area contributed by atoms with Gasteiger partial charge in [-0.3, -0.25) is 0 Å². The molecule has 0 radical (unpaired) electrons. The van der Waals surface area contributed by atoms with E-state index in [1.807, 2.05) is 0 Å². The normalized spacial score (nSPS) is 44.9. The smallest absolute Gasteiger partial charge is 1.00 e. The number of aliphatic hydroxyl groups excluding tert-OH is 1. The third-order valence-corrected chi connectivity index (χ3v) is 10.3. The summed E-state index contributed by atoms with van der Waals surface area (Å²) in [6.45, 7) is 12.6. The standard InChI is InChI=1S/C27H46O.Na.H/c1-18(2)7-6-8-19(3)23-11-12-24-22-10-9-20-17-21(28)13-15-26(20,4)25(22)14-16-27(23,24)5;;/h9,18-19,21-25,28H,6-8,10-17H2,1-5H3;;/q;+1;-1/t19-,21?,22-,23-,24?,25-,26+,27-;;/m1../s1. The summed E-state index contributed by atoms with van der Waals surface area (Å²) < 4.78 is 0. The minimum absolute atomic E-state index is 0. The fraction of sp³-hybridized carbons (Fsp3) is 0.926. The molecule has 4 aliphatic rings. The van der Waals surface area contributed by atoms with Crippen LogP contribution in [0.15, 0.2) is 11.6 Å². The SMILES string of the molecule is CC(C)CCC[C@@H](C)[C@H]1CCC2[C@H]3CC=C4CC(O)CC[C@]4(C)[C@@H]3CC[C@@]21C.[H-].[Na+]. The fourth-order valence-corrected chi connectivity index (χ4v) is 8.67. The van der Waals surface area contributed by atoms with Crippen molar-refractivity contribution in [3.05, 3.63) is 11.6 Å². The zero-order valence-electron chi connectivity index (χ0n) is 21.3. The van der Waals surface area contributed by atoms with Gasteiger partial charge in [0.2, 0.25) is 0 Å². The summed E-state index contributed by atoms with van der Waals surface area (Å²) in [5, 5.41) is 10.2. The molecule has 0 spiro atoms. The first-order valence-electron chi connectivity index (χ1n) is 12.6. The van der Waals surface area contributed by atoms with Crippen LogP contribution >= 0.6 is 0 Å². The quantitative estimate of drug-likeness (QED) is 0.522. The molecular weight excluding hydrogens is 363 g/mol. The summed E-state index contributed by atoms with van der Waals surface area (Å²) >= 11 is 0. The van der Waals surface area contributed by atoms with Crippen LogP contribution in [0.1, 0.15) is 107 Å². The predicted octanol–water partition coefficient (Wildman–Crippen LogP) is 4.51. The minimum atomic E-state index is -0.0766. The van der Waals surface area contributed by atoms with E-state index < -0.39 is 0 Å². The zero-order chi connectivity index (χ0) is 20.1. The molecule has 1 N–H and O–H groups in total. The van der Waals surface area contributed by atoms with E-state index in [9.17, 15) is 5.11 Å². The second-order valence-electron chi connectivity index (χ2n) is 12.2. The number of allylic oxidation sites excluding steroid dienone is 1. The molecule has 0 aliphatic heterocycles. The molecule has 8 atom stereocenters. The Morgan fingerprint density at radius 2 is 1.79 bits per heavy atom. The van der Waals surface area contributed by atoms with E-state index >= 15 is 0 Å². The van der Waals surface area contributed by atoms with E-state index in [2.05, 4.69) is 40.7 Å². The summed E-state index contributed by atoms with van der Waals surface area (Å²) in [6.07, 6.45) is 17.2. The molecule has 0 aromatic heterocycles. The largest absolute Gasteiger partial charge is 1.00 e. The van der Waals surface area contributed by atoms with Gasteiger partial charge >= 0.3 is 29.6 Å². The van der Waals surface area contributed by atoms with Crippen LogP contribution in [-0.4, -0.2) is 11.2 Å². The maximum Gasteiger partial charge on any atom is 1.00 e. The van der Waals surface area contributed by atoms with Gasteiger partial charge in [-0.1, -0.05) is 65.5 Å². The van der Waals surface area contributed by atoms with Crippen LogP contribution in [0.3, 0.4) is 0 Å². The van der Waals surface area contributed by atoms with Crippen molar-refractivity contribution in [2.45, 2.75) is 111 Å². The summed E-state index contributed by atoms with van der Waals surface area (Å²) in [5.41, 5.74) is 2.60. The Bertz CT molecular complexity index is 604. The van der Waals surface area contributed by atoms with Gasteiger partial charge in [0.25, 0.3) is 0 Å². The van der Waals surface area contributed by atoms with Gasteiger partial charge < -0.3 is 6.53 Å². The van der Waals surface area contributed by atoms with Crippen molar-refractivity contribution in [3.8, 4) is 0 Å². The monoisotopic (exact) mass is 410 g/mol. The molecule has 162 valence electrons. The second kappa shape index (κ2) is 9.29. The molecular formula is C27H47NaO. The summed E-state index contributed by atoms with van der Waals surface area (Å²) in [7, 11) is 0. The van der Waals surface area contributed by atoms with Crippen molar-refractivity contribution in [2.24, 2.45) is 46.3 Å². The molecule has 0 saturated heterocycles. The van der Waals surface area contributed by atoms with Gasteiger partial charge in [0, 0.05) is 0 Å². The molecule has 1 nitrogen and oxygen atoms in total. The molecule has 4 rings (SSSR count). The van der Waals surface area contributed by atoms with Crippen LogP contribution in [0.25, 0.3) is 0 Å². The Balaban J connectivity index is 0.00000160. The third-order valence-electron chi connectivity index (χ3n) is 10.3. The first-order chi connectivity index (χ1) is 13.3. The first kappa shape index (κ1) is 24.3. The summed E-state index contributed by atoms with van der Waals surface area (Å²) in [5.74, 6) is 5.46. The maximum atomic E-state index is 10.2. The van der Waals surface area contributed by atoms with Crippen LogP contribution in [-0.2, 0) is 0 Å². The van der Waals surface area contributed by atoms with Gasteiger partial charge in [0.15, 0.2) is 0 Å². The van der Waals surface area contributed by atoms with Crippen molar-refractivity contribution in [2.75, 3.05) is 0 Å². The Kier molecular flexibility index (Phi) is 7.79. The second-order valence-corrected chi connectivity index (χ2v) is 12.2. The zero-order valence-corrected chi connectivity index (χ0v) is 22.3. The average Bonchev–Trinajstić information content (AvgIpc) is 2.99.